The Kier molecular flexibility index (Phi) is 5.83. The average molecular weight is 428 g/mol. The maximum absolute atomic E-state index is 12.9. The summed E-state index contributed by atoms with van der Waals surface area (Å²) in [6.45, 7) is 4.75. The number of nitrogens with one attached hydrogen (secondary N) is 1. The summed E-state index contributed by atoms with van der Waals surface area (Å²) in [5.74, 6) is 0. The molecule has 0 aliphatic rings. The van der Waals surface area contributed by atoms with E-state index in [-0.39, 0.29) is 21.2 Å². The van der Waals surface area contributed by atoms with E-state index in [9.17, 15) is 26.9 Å². The lowest BCUT2D eigenvalue weighted by atomic mass is 10.1. The molecule has 9 nitrogen and oxygen atoms in total. The smallest absolute Gasteiger partial charge is 0.271 e. The fraction of sp³-hybridized carbons (Fsp3) is 0.294. The molecule has 0 saturated carbocycles. The minimum atomic E-state index is -4.19. The number of hydrogen-bond acceptors (Lipinski definition) is 6. The molecule has 0 aliphatic heterocycles. The van der Waals surface area contributed by atoms with Gasteiger partial charge in [-0.2, -0.15) is 0 Å². The second kappa shape index (κ2) is 7.49. The first kappa shape index (κ1) is 21.8. The van der Waals surface area contributed by atoms with Crippen LogP contribution in [0, 0.1) is 30.9 Å². The zero-order valence-corrected chi connectivity index (χ0v) is 17.7. The molecule has 2 aromatic carbocycles. The highest BCUT2D eigenvalue weighted by atomic mass is 32.2. The number of nitrogens with zero attached hydrogens (tertiary/aromatic N) is 2. The van der Waals surface area contributed by atoms with Crippen LogP contribution in [0.15, 0.2) is 40.1 Å². The summed E-state index contributed by atoms with van der Waals surface area (Å²) in [5, 5.41) is 11.1. The Labute approximate surface area is 164 Å². The van der Waals surface area contributed by atoms with Gasteiger partial charge in [0, 0.05) is 26.2 Å². The molecule has 0 unspecified atom stereocenters. The fourth-order valence-corrected chi connectivity index (χ4v) is 4.86. The number of non-ortho nitro benzene ring substituents is 1. The van der Waals surface area contributed by atoms with Crippen molar-refractivity contribution in [3.05, 3.63) is 57.1 Å². The van der Waals surface area contributed by atoms with Crippen molar-refractivity contribution >= 4 is 31.4 Å². The highest BCUT2D eigenvalue weighted by Gasteiger charge is 2.24. The molecule has 0 amide bonds. The fourth-order valence-electron chi connectivity index (χ4n) is 2.48. The summed E-state index contributed by atoms with van der Waals surface area (Å²) in [7, 11) is -5.21. The third kappa shape index (κ3) is 4.16. The molecule has 0 bridgehead atoms. The van der Waals surface area contributed by atoms with Crippen molar-refractivity contribution < 1.29 is 21.8 Å². The van der Waals surface area contributed by atoms with Crippen molar-refractivity contribution in [2.45, 2.75) is 30.6 Å². The SMILES string of the molecule is Cc1ccc(S(=O)(=O)N(C)C)cc1NS(=O)(=O)c1cc([N+](=O)[O-])cc(C)c1C. The van der Waals surface area contributed by atoms with Gasteiger partial charge in [-0.1, -0.05) is 6.07 Å². The summed E-state index contributed by atoms with van der Waals surface area (Å²) in [6.07, 6.45) is 0. The molecule has 1 N–H and O–H groups in total. The molecule has 11 heteroatoms. The van der Waals surface area contributed by atoms with Gasteiger partial charge in [-0.05, 0) is 49.6 Å². The van der Waals surface area contributed by atoms with E-state index in [1.165, 1.54) is 38.4 Å². The van der Waals surface area contributed by atoms with Crippen LogP contribution in [0.1, 0.15) is 16.7 Å². The number of benzene rings is 2. The van der Waals surface area contributed by atoms with E-state index in [0.29, 0.717) is 16.7 Å². The molecule has 0 atom stereocenters. The Morgan fingerprint density at radius 1 is 0.964 bits per heavy atom. The van der Waals surface area contributed by atoms with Gasteiger partial charge < -0.3 is 0 Å². The normalized spacial score (nSPS) is 12.2. The van der Waals surface area contributed by atoms with Crippen LogP contribution in [0.3, 0.4) is 0 Å². The molecule has 28 heavy (non-hydrogen) atoms. The molecular weight excluding hydrogens is 406 g/mol. The largest absolute Gasteiger partial charge is 0.279 e. The van der Waals surface area contributed by atoms with Gasteiger partial charge in [0.25, 0.3) is 15.7 Å². The molecular formula is C17H21N3O6S2. The molecule has 0 aromatic heterocycles. The number of hydrogen-bond donors (Lipinski definition) is 1. The maximum atomic E-state index is 12.9. The van der Waals surface area contributed by atoms with Gasteiger partial charge in [0.1, 0.15) is 0 Å². The zero-order valence-electron chi connectivity index (χ0n) is 16.0. The topological polar surface area (TPSA) is 127 Å². The Bertz CT molecular complexity index is 1160. The van der Waals surface area contributed by atoms with Crippen molar-refractivity contribution in [2.75, 3.05) is 18.8 Å². The predicted octanol–water partition coefficient (Wildman–Crippen LogP) is 2.57. The van der Waals surface area contributed by atoms with E-state index >= 15 is 0 Å². The third-order valence-electron chi connectivity index (χ3n) is 4.34. The quantitative estimate of drug-likeness (QED) is 0.558. The summed E-state index contributed by atoms with van der Waals surface area (Å²) in [6, 6.07) is 6.37. The van der Waals surface area contributed by atoms with E-state index in [1.807, 2.05) is 0 Å². The standard InChI is InChI=1S/C17H21N3O6S2/c1-11-6-7-15(28(25,26)19(4)5)10-16(11)18-27(23,24)17-9-14(20(21)22)8-12(2)13(17)3/h6-10,18H,1-5H3. The van der Waals surface area contributed by atoms with Gasteiger partial charge in [-0.25, -0.2) is 21.1 Å². The maximum Gasteiger partial charge on any atom is 0.271 e. The van der Waals surface area contributed by atoms with Crippen LogP contribution in [0.25, 0.3) is 0 Å². The van der Waals surface area contributed by atoms with Crippen LogP contribution in [0.4, 0.5) is 11.4 Å². The lowest BCUT2D eigenvalue weighted by Crippen LogP contribution is -2.22. The molecule has 2 aromatic rings. The Balaban J connectivity index is 2.59. The molecule has 2 rings (SSSR count). The zero-order chi connectivity index (χ0) is 21.4. The highest BCUT2D eigenvalue weighted by molar-refractivity contribution is 7.92. The van der Waals surface area contributed by atoms with Crippen LogP contribution in [0.2, 0.25) is 0 Å². The van der Waals surface area contributed by atoms with E-state index in [2.05, 4.69) is 4.72 Å². The molecule has 0 spiro atoms. The molecule has 0 radical (unpaired) electrons. The monoisotopic (exact) mass is 427 g/mol. The van der Waals surface area contributed by atoms with Crippen molar-refractivity contribution in [1.82, 2.24) is 4.31 Å². The Hall–Kier alpha value is -2.50. The second-order valence-electron chi connectivity index (χ2n) is 6.51. The van der Waals surface area contributed by atoms with Crippen molar-refractivity contribution in [2.24, 2.45) is 0 Å². The number of aryl methyl sites for hydroxylation is 2. The van der Waals surface area contributed by atoms with Crippen LogP contribution >= 0.6 is 0 Å². The third-order valence-corrected chi connectivity index (χ3v) is 7.64. The summed E-state index contributed by atoms with van der Waals surface area (Å²) < 4.78 is 53.8. The first-order chi connectivity index (χ1) is 12.8. The number of nitro groups is 1. The molecule has 0 saturated heterocycles. The summed E-state index contributed by atoms with van der Waals surface area (Å²) in [5.41, 5.74) is 1.06. The molecule has 0 fully saturated rings. The minimum absolute atomic E-state index is 0.0754. The molecule has 0 heterocycles. The Morgan fingerprint density at radius 2 is 1.57 bits per heavy atom. The van der Waals surface area contributed by atoms with Crippen LogP contribution in [-0.4, -0.2) is 40.2 Å². The summed E-state index contributed by atoms with van der Waals surface area (Å²) in [4.78, 5) is 10.1. The first-order valence-corrected chi connectivity index (χ1v) is 11.0. The van der Waals surface area contributed by atoms with E-state index in [0.717, 1.165) is 10.4 Å². The lowest BCUT2D eigenvalue weighted by molar-refractivity contribution is -0.385. The van der Waals surface area contributed by atoms with Gasteiger partial charge in [0.05, 0.1) is 20.4 Å². The van der Waals surface area contributed by atoms with Gasteiger partial charge >= 0.3 is 0 Å². The van der Waals surface area contributed by atoms with E-state index in [4.69, 9.17) is 0 Å². The van der Waals surface area contributed by atoms with E-state index < -0.39 is 25.0 Å². The van der Waals surface area contributed by atoms with E-state index in [1.54, 1.807) is 20.8 Å². The van der Waals surface area contributed by atoms with Gasteiger partial charge in [0.15, 0.2) is 0 Å². The average Bonchev–Trinajstić information content (AvgIpc) is 2.58. The second-order valence-corrected chi connectivity index (χ2v) is 10.3. The van der Waals surface area contributed by atoms with Crippen molar-refractivity contribution in [3.8, 4) is 0 Å². The minimum Gasteiger partial charge on any atom is -0.279 e. The molecule has 0 aliphatic carbocycles. The van der Waals surface area contributed by atoms with Gasteiger partial charge in [-0.3, -0.25) is 14.8 Å². The van der Waals surface area contributed by atoms with Gasteiger partial charge in [0.2, 0.25) is 10.0 Å². The van der Waals surface area contributed by atoms with Gasteiger partial charge in [-0.15, -0.1) is 0 Å². The summed E-state index contributed by atoms with van der Waals surface area (Å²) >= 11 is 0. The highest BCUT2D eigenvalue weighted by Crippen LogP contribution is 2.29. The van der Waals surface area contributed by atoms with Crippen molar-refractivity contribution in [1.29, 1.82) is 0 Å². The van der Waals surface area contributed by atoms with Crippen LogP contribution in [-0.2, 0) is 20.0 Å². The predicted molar refractivity (Wildman–Crippen MR) is 105 cm³/mol. The number of anilines is 1. The van der Waals surface area contributed by atoms with Crippen LogP contribution in [0.5, 0.6) is 0 Å². The number of nitro benzene ring substituents is 1. The molecule has 152 valence electrons. The van der Waals surface area contributed by atoms with Crippen molar-refractivity contribution in [3.63, 3.8) is 0 Å². The Morgan fingerprint density at radius 3 is 2.11 bits per heavy atom. The lowest BCUT2D eigenvalue weighted by Gasteiger charge is -2.16. The first-order valence-electron chi connectivity index (χ1n) is 8.09. The number of rotatable bonds is 6. The van der Waals surface area contributed by atoms with Crippen LogP contribution < -0.4 is 4.72 Å². The number of sulfonamides is 2.